The summed E-state index contributed by atoms with van der Waals surface area (Å²) in [4.78, 5) is 36.4. The van der Waals surface area contributed by atoms with E-state index in [2.05, 4.69) is 10.1 Å². The van der Waals surface area contributed by atoms with Crippen LogP contribution in [0, 0.1) is 5.82 Å². The lowest BCUT2D eigenvalue weighted by atomic mass is 10.1. The molecular formula is C21H19FN2O6. The van der Waals surface area contributed by atoms with Crippen LogP contribution in [-0.4, -0.2) is 43.6 Å². The third-order valence-electron chi connectivity index (χ3n) is 4.28. The third kappa shape index (κ3) is 4.75. The van der Waals surface area contributed by atoms with E-state index in [9.17, 15) is 18.8 Å². The molecule has 9 heteroatoms. The van der Waals surface area contributed by atoms with Crippen LogP contribution in [0.3, 0.4) is 0 Å². The van der Waals surface area contributed by atoms with Crippen molar-refractivity contribution in [2.75, 3.05) is 20.8 Å². The summed E-state index contributed by atoms with van der Waals surface area (Å²) in [6.45, 7) is -0.258. The molecule has 2 aromatic carbocycles. The molecule has 1 saturated heterocycles. The molecule has 30 heavy (non-hydrogen) atoms. The van der Waals surface area contributed by atoms with Crippen LogP contribution >= 0.6 is 0 Å². The largest absolute Gasteiger partial charge is 0.493 e. The number of ether oxygens (including phenoxy) is 3. The van der Waals surface area contributed by atoms with Gasteiger partial charge in [0, 0.05) is 0 Å². The van der Waals surface area contributed by atoms with Crippen LogP contribution in [0.25, 0.3) is 6.08 Å². The van der Waals surface area contributed by atoms with E-state index in [1.807, 2.05) is 0 Å². The fraction of sp³-hybridized carbons (Fsp3) is 0.190. The molecule has 0 aromatic heterocycles. The van der Waals surface area contributed by atoms with Gasteiger partial charge in [-0.2, -0.15) is 0 Å². The lowest BCUT2D eigenvalue weighted by Crippen LogP contribution is -2.36. The topological polar surface area (TPSA) is 94.2 Å². The highest BCUT2D eigenvalue weighted by Crippen LogP contribution is 2.30. The van der Waals surface area contributed by atoms with Crippen molar-refractivity contribution < 1.29 is 33.0 Å². The summed E-state index contributed by atoms with van der Waals surface area (Å²) in [6, 6.07) is 10.2. The zero-order chi connectivity index (χ0) is 21.7. The van der Waals surface area contributed by atoms with Crippen molar-refractivity contribution in [3.63, 3.8) is 0 Å². The summed E-state index contributed by atoms with van der Waals surface area (Å²) in [5.74, 6) is -0.801. The van der Waals surface area contributed by atoms with Gasteiger partial charge in [0.15, 0.2) is 11.5 Å². The Morgan fingerprint density at radius 3 is 2.50 bits per heavy atom. The van der Waals surface area contributed by atoms with Crippen LogP contribution in [0.2, 0.25) is 0 Å². The molecular weight excluding hydrogens is 395 g/mol. The van der Waals surface area contributed by atoms with E-state index >= 15 is 0 Å². The Kier molecular flexibility index (Phi) is 6.31. The number of nitrogens with zero attached hydrogens (tertiary/aromatic N) is 1. The number of benzene rings is 2. The molecule has 1 aliphatic rings. The van der Waals surface area contributed by atoms with Gasteiger partial charge in [-0.05, 0) is 41.5 Å². The van der Waals surface area contributed by atoms with E-state index in [1.165, 1.54) is 32.4 Å². The average molecular weight is 414 g/mol. The Morgan fingerprint density at radius 1 is 1.10 bits per heavy atom. The fourth-order valence-corrected chi connectivity index (χ4v) is 2.71. The van der Waals surface area contributed by atoms with Crippen molar-refractivity contribution in [3.05, 3.63) is 65.1 Å². The second kappa shape index (κ2) is 9.08. The molecule has 2 aromatic rings. The van der Waals surface area contributed by atoms with E-state index in [1.54, 1.807) is 30.3 Å². The highest BCUT2D eigenvalue weighted by Gasteiger charge is 2.35. The first-order chi connectivity index (χ1) is 14.4. The van der Waals surface area contributed by atoms with Gasteiger partial charge < -0.3 is 19.5 Å². The molecule has 1 aliphatic heterocycles. The summed E-state index contributed by atoms with van der Waals surface area (Å²) in [7, 11) is 2.64. The van der Waals surface area contributed by atoms with Gasteiger partial charge in [0.2, 0.25) is 0 Å². The van der Waals surface area contributed by atoms with Crippen molar-refractivity contribution in [2.45, 2.75) is 6.61 Å². The van der Waals surface area contributed by atoms with Crippen LogP contribution in [0.1, 0.15) is 11.1 Å². The number of esters is 1. The quantitative estimate of drug-likeness (QED) is 0.425. The average Bonchev–Trinajstić information content (AvgIpc) is 3.00. The lowest BCUT2D eigenvalue weighted by molar-refractivity contribution is -0.143. The number of rotatable bonds is 7. The lowest BCUT2D eigenvalue weighted by Gasteiger charge is -2.12. The number of hydrogen-bond acceptors (Lipinski definition) is 6. The second-order valence-corrected chi connectivity index (χ2v) is 6.28. The van der Waals surface area contributed by atoms with E-state index in [-0.39, 0.29) is 18.1 Å². The van der Waals surface area contributed by atoms with Crippen LogP contribution in [0.15, 0.2) is 48.2 Å². The Labute approximate surface area is 171 Å². The molecule has 0 radical (unpaired) electrons. The number of carbonyl (C=O) groups is 3. The predicted octanol–water partition coefficient (Wildman–Crippen LogP) is 2.48. The SMILES string of the molecule is COC(=O)CN1C(=O)N/C(=C/c2ccc(OCc3ccc(F)cc3)c(OC)c2)C1=O. The molecule has 3 rings (SSSR count). The maximum atomic E-state index is 13.0. The second-order valence-electron chi connectivity index (χ2n) is 6.28. The molecule has 1 N–H and O–H groups in total. The molecule has 0 saturated carbocycles. The highest BCUT2D eigenvalue weighted by atomic mass is 19.1. The number of carbonyl (C=O) groups excluding carboxylic acids is 3. The predicted molar refractivity (Wildman–Crippen MR) is 104 cm³/mol. The minimum absolute atomic E-state index is 0.0194. The van der Waals surface area contributed by atoms with Crippen LogP contribution in [-0.2, 0) is 20.9 Å². The van der Waals surface area contributed by atoms with Gasteiger partial charge in [-0.15, -0.1) is 0 Å². The summed E-state index contributed by atoms with van der Waals surface area (Å²) in [5, 5.41) is 2.42. The fourth-order valence-electron chi connectivity index (χ4n) is 2.71. The Hall–Kier alpha value is -3.88. The van der Waals surface area contributed by atoms with E-state index in [0.29, 0.717) is 17.1 Å². The Balaban J connectivity index is 1.74. The molecule has 0 spiro atoms. The van der Waals surface area contributed by atoms with Crippen LogP contribution in [0.5, 0.6) is 11.5 Å². The van der Waals surface area contributed by atoms with E-state index in [4.69, 9.17) is 9.47 Å². The Morgan fingerprint density at radius 2 is 1.83 bits per heavy atom. The minimum Gasteiger partial charge on any atom is -0.493 e. The van der Waals surface area contributed by atoms with Gasteiger partial charge in [0.1, 0.15) is 24.7 Å². The molecule has 0 unspecified atom stereocenters. The van der Waals surface area contributed by atoms with Crippen molar-refractivity contribution in [1.82, 2.24) is 10.2 Å². The summed E-state index contributed by atoms with van der Waals surface area (Å²) >= 11 is 0. The zero-order valence-electron chi connectivity index (χ0n) is 16.3. The number of amides is 3. The molecule has 1 fully saturated rings. The molecule has 0 atom stereocenters. The van der Waals surface area contributed by atoms with Crippen LogP contribution in [0.4, 0.5) is 9.18 Å². The van der Waals surface area contributed by atoms with Gasteiger partial charge in [-0.3, -0.25) is 9.59 Å². The summed E-state index contributed by atoms with van der Waals surface area (Å²) < 4.78 is 28.5. The molecule has 156 valence electrons. The first kappa shape index (κ1) is 20.8. The van der Waals surface area contributed by atoms with Gasteiger partial charge in [0.25, 0.3) is 5.91 Å². The maximum absolute atomic E-state index is 13.0. The minimum atomic E-state index is -0.706. The summed E-state index contributed by atoms with van der Waals surface area (Å²) in [5.41, 5.74) is 1.38. The number of hydrogen-bond donors (Lipinski definition) is 1. The monoisotopic (exact) mass is 414 g/mol. The van der Waals surface area contributed by atoms with Gasteiger partial charge >= 0.3 is 12.0 Å². The van der Waals surface area contributed by atoms with Crippen molar-refractivity contribution >= 4 is 24.0 Å². The molecule has 0 bridgehead atoms. The smallest absolute Gasteiger partial charge is 0.329 e. The first-order valence-corrected chi connectivity index (χ1v) is 8.88. The van der Waals surface area contributed by atoms with Gasteiger partial charge in [-0.1, -0.05) is 18.2 Å². The maximum Gasteiger partial charge on any atom is 0.329 e. The highest BCUT2D eigenvalue weighted by molar-refractivity contribution is 6.15. The number of imide groups is 1. The summed E-state index contributed by atoms with van der Waals surface area (Å²) in [6.07, 6.45) is 1.46. The third-order valence-corrected chi connectivity index (χ3v) is 4.28. The standard InChI is InChI=1S/C21H19FN2O6/c1-28-18-10-14(5-8-17(18)30-12-13-3-6-15(22)7-4-13)9-16-20(26)24(21(27)23-16)11-19(25)29-2/h3-10H,11-12H2,1-2H3,(H,23,27)/b16-9+. The van der Waals surface area contributed by atoms with Gasteiger partial charge in [-0.25, -0.2) is 14.1 Å². The first-order valence-electron chi connectivity index (χ1n) is 8.88. The molecule has 3 amide bonds. The van der Waals surface area contributed by atoms with Gasteiger partial charge in [0.05, 0.1) is 14.2 Å². The molecule has 8 nitrogen and oxygen atoms in total. The molecule has 0 aliphatic carbocycles. The normalized spacial score (nSPS) is 14.6. The van der Waals surface area contributed by atoms with E-state index in [0.717, 1.165) is 10.5 Å². The van der Waals surface area contributed by atoms with Crippen LogP contribution < -0.4 is 14.8 Å². The zero-order valence-corrected chi connectivity index (χ0v) is 16.3. The number of halogens is 1. The van der Waals surface area contributed by atoms with E-state index < -0.39 is 24.5 Å². The number of methoxy groups -OCH3 is 2. The molecule has 1 heterocycles. The number of urea groups is 1. The van der Waals surface area contributed by atoms with Crippen molar-refractivity contribution in [2.24, 2.45) is 0 Å². The number of nitrogens with one attached hydrogen (secondary N) is 1. The van der Waals surface area contributed by atoms with Crippen molar-refractivity contribution in [3.8, 4) is 11.5 Å². The van der Waals surface area contributed by atoms with Crippen molar-refractivity contribution in [1.29, 1.82) is 0 Å². The Bertz CT molecular complexity index is 1000.